The Labute approximate surface area is 156 Å². The molecular formula is C17H19N3O6S. The molecule has 2 aromatic rings. The van der Waals surface area contributed by atoms with Crippen LogP contribution in [-0.2, 0) is 21.2 Å². The molecule has 0 radical (unpaired) electrons. The first-order valence-electron chi connectivity index (χ1n) is 7.88. The normalized spacial score (nSPS) is 12.2. The fourth-order valence-electron chi connectivity index (χ4n) is 2.36. The molecule has 0 spiro atoms. The molecule has 9 nitrogen and oxygen atoms in total. The number of hydrogen-bond donors (Lipinski definition) is 2. The van der Waals surface area contributed by atoms with Gasteiger partial charge in [-0.1, -0.05) is 12.1 Å². The van der Waals surface area contributed by atoms with E-state index in [9.17, 15) is 23.3 Å². The molecule has 0 aromatic heterocycles. The third kappa shape index (κ3) is 5.25. The molecule has 144 valence electrons. The Morgan fingerprint density at radius 1 is 1.15 bits per heavy atom. The van der Waals surface area contributed by atoms with E-state index in [1.54, 1.807) is 0 Å². The summed E-state index contributed by atoms with van der Waals surface area (Å²) < 4.78 is 32.5. The van der Waals surface area contributed by atoms with Gasteiger partial charge in [-0.3, -0.25) is 14.9 Å². The number of benzene rings is 2. The van der Waals surface area contributed by atoms with Crippen LogP contribution in [0.4, 0.5) is 5.69 Å². The van der Waals surface area contributed by atoms with Gasteiger partial charge in [0.25, 0.3) is 5.69 Å². The van der Waals surface area contributed by atoms with E-state index in [0.717, 1.165) is 0 Å². The number of carbonyl (C=O) groups excluding carboxylic acids is 1. The van der Waals surface area contributed by atoms with Crippen LogP contribution in [0.15, 0.2) is 53.4 Å². The first-order valence-corrected chi connectivity index (χ1v) is 9.36. The van der Waals surface area contributed by atoms with Crippen LogP contribution in [0, 0.1) is 10.1 Å². The van der Waals surface area contributed by atoms with Crippen LogP contribution >= 0.6 is 0 Å². The van der Waals surface area contributed by atoms with Gasteiger partial charge in [0.05, 0.1) is 16.9 Å². The summed E-state index contributed by atoms with van der Waals surface area (Å²) in [6.45, 7) is 0. The Morgan fingerprint density at radius 2 is 1.74 bits per heavy atom. The van der Waals surface area contributed by atoms with Crippen LogP contribution in [0.25, 0.3) is 0 Å². The Hall–Kier alpha value is -2.98. The molecule has 2 rings (SSSR count). The summed E-state index contributed by atoms with van der Waals surface area (Å²) in [4.78, 5) is 22.3. The lowest BCUT2D eigenvalue weighted by molar-refractivity contribution is -0.384. The maximum Gasteiger partial charge on any atom is 0.269 e. The monoisotopic (exact) mass is 393 g/mol. The summed E-state index contributed by atoms with van der Waals surface area (Å²) >= 11 is 0. The first-order chi connectivity index (χ1) is 12.8. The smallest absolute Gasteiger partial charge is 0.269 e. The Morgan fingerprint density at radius 3 is 2.22 bits per heavy atom. The van der Waals surface area contributed by atoms with Crippen molar-refractivity contribution in [1.29, 1.82) is 0 Å². The molecule has 27 heavy (non-hydrogen) atoms. The van der Waals surface area contributed by atoms with Gasteiger partial charge in [0, 0.05) is 19.2 Å². The number of nitro benzene ring substituents is 1. The fourth-order valence-corrected chi connectivity index (χ4v) is 3.56. The zero-order valence-corrected chi connectivity index (χ0v) is 15.5. The summed E-state index contributed by atoms with van der Waals surface area (Å²) in [5.41, 5.74) is 0.487. The Balaban J connectivity index is 2.22. The largest absolute Gasteiger partial charge is 0.497 e. The Kier molecular flexibility index (Phi) is 6.48. The molecule has 0 saturated carbocycles. The number of hydrogen-bond acceptors (Lipinski definition) is 6. The number of amides is 1. The topological polar surface area (TPSA) is 128 Å². The van der Waals surface area contributed by atoms with Crippen LogP contribution < -0.4 is 14.8 Å². The summed E-state index contributed by atoms with van der Waals surface area (Å²) in [7, 11) is -1.09. The van der Waals surface area contributed by atoms with Gasteiger partial charge in [-0.05, 0) is 36.2 Å². The van der Waals surface area contributed by atoms with Crippen LogP contribution in [0.3, 0.4) is 0 Å². The van der Waals surface area contributed by atoms with Gasteiger partial charge in [0.2, 0.25) is 15.9 Å². The number of carbonyl (C=O) groups is 1. The molecule has 1 atom stereocenters. The third-order valence-corrected chi connectivity index (χ3v) is 5.30. The maximum atomic E-state index is 12.6. The minimum absolute atomic E-state index is 0.0131. The molecule has 0 aliphatic heterocycles. The van der Waals surface area contributed by atoms with Crippen LogP contribution in [0.2, 0.25) is 0 Å². The zero-order chi connectivity index (χ0) is 20.0. The number of sulfonamides is 1. The number of nitrogens with zero attached hydrogens (tertiary/aromatic N) is 1. The summed E-state index contributed by atoms with van der Waals surface area (Å²) in [5, 5.41) is 13.1. The maximum absolute atomic E-state index is 12.6. The second-order valence-corrected chi connectivity index (χ2v) is 7.31. The lowest BCUT2D eigenvalue weighted by atomic mass is 10.1. The van der Waals surface area contributed by atoms with Gasteiger partial charge in [0.15, 0.2) is 0 Å². The minimum Gasteiger partial charge on any atom is -0.497 e. The lowest BCUT2D eigenvalue weighted by Crippen LogP contribution is -2.46. The van der Waals surface area contributed by atoms with E-state index >= 15 is 0 Å². The standard InChI is InChI=1S/C17H19N3O6S/c1-18-17(21)16(11-12-3-5-13(6-4-12)20(22)23)19-27(24,25)15-9-7-14(26-2)8-10-15/h3-10,16,19H,11H2,1-2H3,(H,18,21). The number of non-ortho nitro benzene ring substituents is 1. The molecule has 0 saturated heterocycles. The molecule has 2 N–H and O–H groups in total. The van der Waals surface area contributed by atoms with Crippen molar-refractivity contribution < 1.29 is 22.9 Å². The van der Waals surface area contributed by atoms with E-state index in [1.165, 1.54) is 62.7 Å². The highest BCUT2D eigenvalue weighted by molar-refractivity contribution is 7.89. The van der Waals surface area contributed by atoms with Crippen molar-refractivity contribution in [2.45, 2.75) is 17.4 Å². The predicted octanol–water partition coefficient (Wildman–Crippen LogP) is 1.24. The van der Waals surface area contributed by atoms with Gasteiger partial charge in [0.1, 0.15) is 11.8 Å². The number of ether oxygens (including phenoxy) is 1. The van der Waals surface area contributed by atoms with Crippen molar-refractivity contribution in [2.24, 2.45) is 0 Å². The fraction of sp³-hybridized carbons (Fsp3) is 0.235. The molecule has 1 amide bonds. The summed E-state index contributed by atoms with van der Waals surface area (Å²) in [6.07, 6.45) is 0.0348. The predicted molar refractivity (Wildman–Crippen MR) is 98.0 cm³/mol. The van der Waals surface area contributed by atoms with Crippen molar-refractivity contribution in [3.8, 4) is 5.75 Å². The van der Waals surface area contributed by atoms with Crippen molar-refractivity contribution in [1.82, 2.24) is 10.0 Å². The van der Waals surface area contributed by atoms with Gasteiger partial charge in [-0.15, -0.1) is 0 Å². The van der Waals surface area contributed by atoms with Crippen LogP contribution in [-0.4, -0.2) is 39.4 Å². The van der Waals surface area contributed by atoms with Crippen LogP contribution in [0.1, 0.15) is 5.56 Å². The molecule has 0 bridgehead atoms. The van der Waals surface area contributed by atoms with E-state index < -0.39 is 26.9 Å². The highest BCUT2D eigenvalue weighted by atomic mass is 32.2. The molecule has 1 unspecified atom stereocenters. The highest BCUT2D eigenvalue weighted by Crippen LogP contribution is 2.17. The number of rotatable bonds is 8. The molecular weight excluding hydrogens is 374 g/mol. The second kappa shape index (κ2) is 8.60. The SMILES string of the molecule is CNC(=O)C(Cc1ccc([N+](=O)[O-])cc1)NS(=O)(=O)c1ccc(OC)cc1. The molecule has 2 aromatic carbocycles. The Bertz CT molecular complexity index is 911. The third-order valence-electron chi connectivity index (χ3n) is 3.82. The second-order valence-electron chi connectivity index (χ2n) is 5.59. The summed E-state index contributed by atoms with van der Waals surface area (Å²) in [5.74, 6) is -0.0203. The number of nitrogens with one attached hydrogen (secondary N) is 2. The van der Waals surface area contributed by atoms with Crippen LogP contribution in [0.5, 0.6) is 5.75 Å². The first kappa shape index (κ1) is 20.3. The van der Waals surface area contributed by atoms with Gasteiger partial charge < -0.3 is 10.1 Å². The quantitative estimate of drug-likeness (QED) is 0.513. The molecule has 0 heterocycles. The molecule has 0 aliphatic carbocycles. The van der Waals surface area contributed by atoms with Crippen molar-refractivity contribution >= 4 is 21.6 Å². The van der Waals surface area contributed by atoms with E-state index in [1.807, 2.05) is 0 Å². The van der Waals surface area contributed by atoms with Gasteiger partial charge >= 0.3 is 0 Å². The average molecular weight is 393 g/mol. The van der Waals surface area contributed by atoms with Crippen molar-refractivity contribution in [2.75, 3.05) is 14.2 Å². The van der Waals surface area contributed by atoms with Crippen molar-refractivity contribution in [3.05, 3.63) is 64.2 Å². The average Bonchev–Trinajstić information content (AvgIpc) is 2.67. The van der Waals surface area contributed by atoms with E-state index in [0.29, 0.717) is 11.3 Å². The van der Waals surface area contributed by atoms with E-state index in [4.69, 9.17) is 4.74 Å². The van der Waals surface area contributed by atoms with Crippen molar-refractivity contribution in [3.63, 3.8) is 0 Å². The van der Waals surface area contributed by atoms with Gasteiger partial charge in [-0.25, -0.2) is 8.42 Å². The zero-order valence-electron chi connectivity index (χ0n) is 14.7. The van der Waals surface area contributed by atoms with Gasteiger partial charge in [-0.2, -0.15) is 4.72 Å². The lowest BCUT2D eigenvalue weighted by Gasteiger charge is -2.17. The highest BCUT2D eigenvalue weighted by Gasteiger charge is 2.25. The summed E-state index contributed by atoms with van der Waals surface area (Å²) in [6, 6.07) is 10.2. The molecule has 0 aliphatic rings. The minimum atomic E-state index is -3.96. The number of methoxy groups -OCH3 is 1. The molecule has 10 heteroatoms. The number of nitro groups is 1. The van der Waals surface area contributed by atoms with E-state index in [-0.39, 0.29) is 17.0 Å². The number of likely N-dealkylation sites (N-methyl/N-ethyl adjacent to an activating group) is 1. The molecule has 0 fully saturated rings. The van der Waals surface area contributed by atoms with E-state index in [2.05, 4.69) is 10.0 Å².